The lowest BCUT2D eigenvalue weighted by Crippen LogP contribution is -2.20. The number of hydrogen-bond acceptors (Lipinski definition) is 7. The van der Waals surface area contributed by atoms with Gasteiger partial charge >= 0.3 is 0 Å². The Morgan fingerprint density at radius 3 is 2.28 bits per heavy atom. The number of nitro benzene ring substituents is 1. The van der Waals surface area contributed by atoms with Gasteiger partial charge in [-0.05, 0) is 30.3 Å². The number of nitrogens with one attached hydrogen (secondary N) is 2. The minimum atomic E-state index is -3.69. The van der Waals surface area contributed by atoms with Crippen LogP contribution in [0.15, 0.2) is 52.3 Å². The van der Waals surface area contributed by atoms with Crippen LogP contribution < -0.4 is 10.6 Å². The van der Waals surface area contributed by atoms with Gasteiger partial charge in [0.1, 0.15) is 10.6 Å². The van der Waals surface area contributed by atoms with Crippen LogP contribution in [0.25, 0.3) is 0 Å². The first-order valence-electron chi connectivity index (χ1n) is 8.02. The number of nitrogens with zero attached hydrogens (tertiary/aromatic N) is 1. The quantitative estimate of drug-likeness (QED) is 0.492. The minimum absolute atomic E-state index is 0.260. The lowest BCUT2D eigenvalue weighted by molar-refractivity contribution is -0.388. The van der Waals surface area contributed by atoms with E-state index >= 15 is 0 Å². The zero-order valence-electron chi connectivity index (χ0n) is 15.4. The summed E-state index contributed by atoms with van der Waals surface area (Å²) in [5.74, 6) is -1.55. The second kappa shape index (κ2) is 8.92. The van der Waals surface area contributed by atoms with Crippen molar-refractivity contribution in [1.82, 2.24) is 0 Å². The summed E-state index contributed by atoms with van der Waals surface area (Å²) in [6, 6.07) is 9.23. The fourth-order valence-corrected chi connectivity index (χ4v) is 4.03. The molecule has 2 aromatic rings. The summed E-state index contributed by atoms with van der Waals surface area (Å²) >= 11 is 0. The molecule has 0 radical (unpaired) electrons. The highest BCUT2D eigenvalue weighted by Gasteiger charge is 2.24. The van der Waals surface area contributed by atoms with Gasteiger partial charge in [0.25, 0.3) is 5.69 Å². The molecule has 0 fully saturated rings. The van der Waals surface area contributed by atoms with Crippen LogP contribution in [0.4, 0.5) is 17.1 Å². The van der Waals surface area contributed by atoms with Crippen LogP contribution in [-0.2, 0) is 30.2 Å². The van der Waals surface area contributed by atoms with Crippen molar-refractivity contribution in [2.45, 2.75) is 16.7 Å². The molecule has 12 heteroatoms. The first-order valence-corrected chi connectivity index (χ1v) is 11.2. The molecule has 0 aliphatic carbocycles. The Morgan fingerprint density at radius 1 is 1.10 bits per heavy atom. The van der Waals surface area contributed by atoms with Crippen molar-refractivity contribution in [1.29, 1.82) is 0 Å². The van der Waals surface area contributed by atoms with Gasteiger partial charge in [0, 0.05) is 30.6 Å². The van der Waals surface area contributed by atoms with E-state index in [1.807, 2.05) is 0 Å². The summed E-state index contributed by atoms with van der Waals surface area (Å²) in [5, 5.41) is 16.3. The smallest absolute Gasteiger partial charge is 0.286 e. The maximum Gasteiger partial charge on any atom is 0.286 e. The van der Waals surface area contributed by atoms with Crippen LogP contribution in [0, 0.1) is 10.1 Å². The van der Waals surface area contributed by atoms with E-state index in [9.17, 15) is 32.3 Å². The van der Waals surface area contributed by atoms with Crippen LogP contribution in [-0.4, -0.2) is 41.4 Å². The molecule has 154 valence electrons. The predicted octanol–water partition coefficient (Wildman–Crippen LogP) is 1.70. The number of rotatable bonds is 7. The van der Waals surface area contributed by atoms with E-state index in [4.69, 9.17) is 0 Å². The zero-order valence-corrected chi connectivity index (χ0v) is 17.0. The van der Waals surface area contributed by atoms with Crippen LogP contribution in [0.2, 0.25) is 0 Å². The number of amides is 2. The Morgan fingerprint density at radius 2 is 1.72 bits per heavy atom. The Labute approximate surface area is 168 Å². The monoisotopic (exact) mass is 439 g/mol. The minimum Gasteiger partial charge on any atom is -0.326 e. The molecule has 0 aliphatic heterocycles. The molecule has 2 rings (SSSR count). The van der Waals surface area contributed by atoms with Crippen molar-refractivity contribution in [3.63, 3.8) is 0 Å². The van der Waals surface area contributed by atoms with E-state index in [-0.39, 0.29) is 15.7 Å². The summed E-state index contributed by atoms with van der Waals surface area (Å²) in [4.78, 5) is 33.1. The van der Waals surface area contributed by atoms with E-state index in [1.165, 1.54) is 13.0 Å². The highest BCUT2D eigenvalue weighted by Crippen LogP contribution is 2.26. The second-order valence-corrected chi connectivity index (χ2v) is 9.39. The van der Waals surface area contributed by atoms with Gasteiger partial charge in [0.2, 0.25) is 11.8 Å². The van der Waals surface area contributed by atoms with Gasteiger partial charge in [-0.2, -0.15) is 0 Å². The molecular weight excluding hydrogens is 422 g/mol. The molecule has 0 aromatic heterocycles. The van der Waals surface area contributed by atoms with Crippen molar-refractivity contribution >= 4 is 49.5 Å². The van der Waals surface area contributed by atoms with Crippen LogP contribution in [0.3, 0.4) is 0 Å². The van der Waals surface area contributed by atoms with Crippen molar-refractivity contribution in [3.05, 3.63) is 52.6 Å². The van der Waals surface area contributed by atoms with Crippen molar-refractivity contribution in [2.75, 3.05) is 22.6 Å². The molecule has 2 N–H and O–H groups in total. The first kappa shape index (κ1) is 22.2. The van der Waals surface area contributed by atoms with Crippen LogP contribution in [0.1, 0.15) is 6.92 Å². The third-order valence-electron chi connectivity index (χ3n) is 3.53. The average molecular weight is 439 g/mol. The highest BCUT2D eigenvalue weighted by atomic mass is 32.2. The van der Waals surface area contributed by atoms with E-state index in [2.05, 4.69) is 10.6 Å². The van der Waals surface area contributed by atoms with Crippen molar-refractivity contribution in [3.8, 4) is 0 Å². The second-order valence-electron chi connectivity index (χ2n) is 5.96. The number of nitro groups is 1. The van der Waals surface area contributed by atoms with Gasteiger partial charge in [-0.3, -0.25) is 23.9 Å². The third-order valence-corrected chi connectivity index (χ3v) is 6.00. The molecule has 2 amide bonds. The number of anilines is 2. The SMILES string of the molecule is CC(=O)Nc1cccc(NC(=O)CS(=O)c2ccc(S(C)(=O)=O)cc2[N+](=O)[O-])c1. The lowest BCUT2D eigenvalue weighted by atomic mass is 10.2. The molecule has 1 atom stereocenters. The first-order chi connectivity index (χ1) is 13.5. The Hall–Kier alpha value is -3.12. The fraction of sp³-hybridized carbons (Fsp3) is 0.176. The average Bonchev–Trinajstić information content (AvgIpc) is 2.59. The number of carbonyl (C=O) groups is 2. The molecule has 29 heavy (non-hydrogen) atoms. The zero-order chi connectivity index (χ0) is 21.8. The molecule has 0 saturated heterocycles. The van der Waals surface area contributed by atoms with Crippen LogP contribution >= 0.6 is 0 Å². The van der Waals surface area contributed by atoms with E-state index in [1.54, 1.807) is 18.2 Å². The van der Waals surface area contributed by atoms with Gasteiger partial charge < -0.3 is 10.6 Å². The Kier molecular flexibility index (Phi) is 6.82. The third kappa shape index (κ3) is 6.19. The normalized spacial score (nSPS) is 12.1. The van der Waals surface area contributed by atoms with Gasteiger partial charge in [0.05, 0.1) is 20.6 Å². The molecule has 10 nitrogen and oxygen atoms in total. The molecule has 0 heterocycles. The molecule has 0 aliphatic rings. The highest BCUT2D eigenvalue weighted by molar-refractivity contribution is 7.90. The predicted molar refractivity (Wildman–Crippen MR) is 107 cm³/mol. The topological polar surface area (TPSA) is 153 Å². The van der Waals surface area contributed by atoms with Gasteiger partial charge in [0.15, 0.2) is 9.84 Å². The molecule has 0 bridgehead atoms. The van der Waals surface area contributed by atoms with E-state index in [0.717, 1.165) is 24.5 Å². The number of benzene rings is 2. The van der Waals surface area contributed by atoms with E-state index < -0.39 is 42.9 Å². The molecule has 1 unspecified atom stereocenters. The fourth-order valence-electron chi connectivity index (χ4n) is 2.33. The summed E-state index contributed by atoms with van der Waals surface area (Å²) in [6.07, 6.45) is 0.894. The Bertz CT molecular complexity index is 1110. The van der Waals surface area contributed by atoms with E-state index in [0.29, 0.717) is 11.4 Å². The van der Waals surface area contributed by atoms with Gasteiger partial charge in [-0.15, -0.1) is 0 Å². The summed E-state index contributed by atoms with van der Waals surface area (Å²) < 4.78 is 35.6. The van der Waals surface area contributed by atoms with Crippen molar-refractivity contribution < 1.29 is 27.1 Å². The van der Waals surface area contributed by atoms with Gasteiger partial charge in [-0.25, -0.2) is 8.42 Å². The molecule has 2 aromatic carbocycles. The standard InChI is InChI=1S/C17H17N3O7S2/c1-11(21)18-12-4-3-5-13(8-12)19-17(22)10-28(25)16-7-6-14(29(2,26)27)9-15(16)20(23)24/h3-9H,10H2,1-2H3,(H,18,21)(H,19,22). The van der Waals surface area contributed by atoms with Gasteiger partial charge in [-0.1, -0.05) is 6.07 Å². The summed E-state index contributed by atoms with van der Waals surface area (Å²) in [6.45, 7) is 1.33. The molecule has 0 saturated carbocycles. The molecular formula is C17H17N3O7S2. The van der Waals surface area contributed by atoms with Crippen molar-refractivity contribution in [2.24, 2.45) is 0 Å². The summed E-state index contributed by atoms with van der Waals surface area (Å²) in [7, 11) is -5.78. The number of hydrogen-bond donors (Lipinski definition) is 2. The summed E-state index contributed by atoms with van der Waals surface area (Å²) in [5.41, 5.74) is 0.135. The lowest BCUT2D eigenvalue weighted by Gasteiger charge is -2.08. The van der Waals surface area contributed by atoms with Crippen LogP contribution in [0.5, 0.6) is 0 Å². The maximum absolute atomic E-state index is 12.5. The number of carbonyl (C=O) groups excluding carboxylic acids is 2. The largest absolute Gasteiger partial charge is 0.326 e. The number of sulfone groups is 1. The molecule has 0 spiro atoms. The Balaban J connectivity index is 2.19. The maximum atomic E-state index is 12.5.